The van der Waals surface area contributed by atoms with Crippen LogP contribution in [0.15, 0.2) is 23.8 Å². The lowest BCUT2D eigenvalue weighted by Crippen LogP contribution is -2.45. The molecule has 1 aromatic carbocycles. The topological polar surface area (TPSA) is 55.8 Å². The second kappa shape index (κ2) is 8.64. The van der Waals surface area contributed by atoms with E-state index < -0.39 is 5.97 Å². The van der Waals surface area contributed by atoms with E-state index in [9.17, 15) is 9.90 Å². The Labute approximate surface area is 181 Å². The maximum absolute atomic E-state index is 11.7. The fourth-order valence-electron chi connectivity index (χ4n) is 5.22. The van der Waals surface area contributed by atoms with Crippen LogP contribution in [0.3, 0.4) is 0 Å². The Morgan fingerprint density at radius 2 is 2.00 bits per heavy atom. The number of benzene rings is 1. The summed E-state index contributed by atoms with van der Waals surface area (Å²) in [5.74, 6) is 1.08. The summed E-state index contributed by atoms with van der Waals surface area (Å²) in [6, 6.07) is 4.33. The Morgan fingerprint density at radius 1 is 1.27 bits per heavy atom. The van der Waals surface area contributed by atoms with Crippen molar-refractivity contribution in [2.24, 2.45) is 5.92 Å². The predicted octanol–water partition coefficient (Wildman–Crippen LogP) is 6.62. The van der Waals surface area contributed by atoms with Crippen LogP contribution in [0.25, 0.3) is 0 Å². The van der Waals surface area contributed by atoms with Gasteiger partial charge >= 0.3 is 5.97 Å². The average Bonchev–Trinajstić information content (AvgIpc) is 2.69. The van der Waals surface area contributed by atoms with Crippen LogP contribution in [0, 0.1) is 5.92 Å². The molecule has 2 atom stereocenters. The highest BCUT2D eigenvalue weighted by Crippen LogP contribution is 2.54. The summed E-state index contributed by atoms with van der Waals surface area (Å²) >= 11 is 0. The monoisotopic (exact) mass is 414 g/mol. The molecule has 4 nitrogen and oxygen atoms in total. The second-order valence-corrected chi connectivity index (χ2v) is 10.2. The van der Waals surface area contributed by atoms with Crippen LogP contribution in [-0.4, -0.2) is 23.8 Å². The van der Waals surface area contributed by atoms with E-state index in [-0.39, 0.29) is 22.9 Å². The number of ether oxygens (including phenoxy) is 2. The fraction of sp³-hybridized carbons (Fsp3) is 0.654. The minimum Gasteiger partial charge on any atom is -0.496 e. The Kier molecular flexibility index (Phi) is 6.54. The largest absolute Gasteiger partial charge is 0.496 e. The van der Waals surface area contributed by atoms with Crippen molar-refractivity contribution < 1.29 is 19.4 Å². The number of rotatable bonds is 8. The molecule has 30 heavy (non-hydrogen) atoms. The maximum Gasteiger partial charge on any atom is 0.331 e. The van der Waals surface area contributed by atoms with E-state index >= 15 is 0 Å². The second-order valence-electron chi connectivity index (χ2n) is 10.2. The first-order chi connectivity index (χ1) is 14.1. The molecule has 1 aliphatic carbocycles. The van der Waals surface area contributed by atoms with Crippen LogP contribution < -0.4 is 9.47 Å². The highest BCUT2D eigenvalue weighted by atomic mass is 16.5. The first kappa shape index (κ1) is 22.7. The summed E-state index contributed by atoms with van der Waals surface area (Å²) in [7, 11) is 1.70. The molecular formula is C26H38O4. The number of carbonyl (C=O) groups is 1. The third kappa shape index (κ3) is 4.38. The number of methoxy groups -OCH3 is 1. The molecule has 0 amide bonds. The van der Waals surface area contributed by atoms with Crippen molar-refractivity contribution in [3.05, 3.63) is 34.9 Å². The van der Waals surface area contributed by atoms with Crippen LogP contribution in [0.4, 0.5) is 0 Å². The minimum absolute atomic E-state index is 0.000247. The van der Waals surface area contributed by atoms with Crippen LogP contribution >= 0.6 is 0 Å². The predicted molar refractivity (Wildman–Crippen MR) is 121 cm³/mol. The van der Waals surface area contributed by atoms with Crippen LogP contribution in [0.1, 0.15) is 96.6 Å². The van der Waals surface area contributed by atoms with E-state index in [0.29, 0.717) is 12.0 Å². The van der Waals surface area contributed by atoms with Crippen molar-refractivity contribution in [1.29, 1.82) is 0 Å². The number of fused-ring (bicyclic) bond motifs is 3. The summed E-state index contributed by atoms with van der Waals surface area (Å²) in [6.45, 7) is 11.1. The van der Waals surface area contributed by atoms with Crippen molar-refractivity contribution in [3.63, 3.8) is 0 Å². The van der Waals surface area contributed by atoms with Crippen molar-refractivity contribution in [1.82, 2.24) is 0 Å². The van der Waals surface area contributed by atoms with Crippen LogP contribution in [0.5, 0.6) is 11.5 Å². The van der Waals surface area contributed by atoms with Gasteiger partial charge < -0.3 is 14.6 Å². The van der Waals surface area contributed by atoms with Crippen LogP contribution in [-0.2, 0) is 10.2 Å². The van der Waals surface area contributed by atoms with Gasteiger partial charge in [0.25, 0.3) is 0 Å². The van der Waals surface area contributed by atoms with Gasteiger partial charge in [-0.15, -0.1) is 0 Å². The molecule has 0 aromatic heterocycles. The van der Waals surface area contributed by atoms with Crippen molar-refractivity contribution in [2.45, 2.75) is 96.5 Å². The third-order valence-electron chi connectivity index (χ3n) is 7.17. The zero-order chi connectivity index (χ0) is 22.1. The Hall–Kier alpha value is -1.97. The standard InChI is InChI=1S/C26H38O4/c1-7-8-9-10-13-25(2,3)18-15-21(29-6)23-19-14-17(24(27)28)11-12-20(19)26(4,5)30-22(23)16-18/h14-16,19-20H,7-13H2,1-6H3,(H,27,28)/t19-,20-/m0/s1. The molecule has 1 N–H and O–H groups in total. The minimum atomic E-state index is -0.817. The van der Waals surface area contributed by atoms with Gasteiger partial charge in [-0.25, -0.2) is 4.79 Å². The highest BCUT2D eigenvalue weighted by molar-refractivity contribution is 5.87. The van der Waals surface area contributed by atoms with Gasteiger partial charge in [-0.3, -0.25) is 0 Å². The molecule has 1 aromatic rings. The van der Waals surface area contributed by atoms with Gasteiger partial charge in [0.15, 0.2) is 0 Å². The molecule has 0 radical (unpaired) electrons. The quantitative estimate of drug-likeness (QED) is 0.486. The molecule has 0 spiro atoms. The van der Waals surface area contributed by atoms with Gasteiger partial charge in [0.05, 0.1) is 7.11 Å². The van der Waals surface area contributed by atoms with Gasteiger partial charge in [0.1, 0.15) is 17.1 Å². The number of hydrogen-bond acceptors (Lipinski definition) is 3. The first-order valence-corrected chi connectivity index (χ1v) is 11.5. The summed E-state index contributed by atoms with van der Waals surface area (Å²) in [5.41, 5.74) is 2.40. The van der Waals surface area contributed by atoms with E-state index in [1.54, 1.807) is 7.11 Å². The first-order valence-electron chi connectivity index (χ1n) is 11.5. The zero-order valence-electron chi connectivity index (χ0n) is 19.5. The summed E-state index contributed by atoms with van der Waals surface area (Å²) < 4.78 is 12.4. The normalized spacial score (nSPS) is 22.4. The Balaban J connectivity index is 2.03. The molecular weight excluding hydrogens is 376 g/mol. The summed E-state index contributed by atoms with van der Waals surface area (Å²) in [6.07, 6.45) is 9.45. The number of unbranched alkanes of at least 4 members (excludes halogenated alkanes) is 3. The van der Waals surface area contributed by atoms with Gasteiger partial charge in [-0.2, -0.15) is 0 Å². The lowest BCUT2D eigenvalue weighted by atomic mass is 9.67. The van der Waals surface area contributed by atoms with E-state index in [0.717, 1.165) is 29.9 Å². The zero-order valence-corrected chi connectivity index (χ0v) is 19.5. The smallest absolute Gasteiger partial charge is 0.331 e. The molecule has 0 saturated carbocycles. The van der Waals surface area contributed by atoms with E-state index in [4.69, 9.17) is 9.47 Å². The molecule has 1 aliphatic heterocycles. The molecule has 0 unspecified atom stereocenters. The fourth-order valence-corrected chi connectivity index (χ4v) is 5.22. The number of hydrogen-bond donors (Lipinski definition) is 1. The highest BCUT2D eigenvalue weighted by Gasteiger charge is 2.46. The molecule has 166 valence electrons. The van der Waals surface area contributed by atoms with Crippen molar-refractivity contribution in [3.8, 4) is 11.5 Å². The molecule has 1 heterocycles. The molecule has 0 fully saturated rings. The maximum atomic E-state index is 11.7. The van der Waals surface area contributed by atoms with E-state index in [2.05, 4.69) is 46.8 Å². The molecule has 3 rings (SSSR count). The van der Waals surface area contributed by atoms with Crippen molar-refractivity contribution in [2.75, 3.05) is 7.11 Å². The van der Waals surface area contributed by atoms with Crippen molar-refractivity contribution >= 4 is 5.97 Å². The number of carboxylic acid groups (broad SMARTS) is 1. The SMILES string of the molecule is CCCCCCC(C)(C)c1cc(OC)c2c(c1)OC(C)(C)[C@H]1CCC(C(=O)O)=C[C@H]21. The lowest BCUT2D eigenvalue weighted by molar-refractivity contribution is -0.133. The molecule has 2 aliphatic rings. The van der Waals surface area contributed by atoms with Gasteiger partial charge in [-0.1, -0.05) is 52.5 Å². The number of carboxylic acids is 1. The van der Waals surface area contributed by atoms with Crippen LogP contribution in [0.2, 0.25) is 0 Å². The summed E-state index contributed by atoms with van der Waals surface area (Å²) in [5, 5.41) is 9.57. The lowest BCUT2D eigenvalue weighted by Gasteiger charge is -2.47. The molecule has 4 heteroatoms. The molecule has 0 bridgehead atoms. The number of aliphatic carboxylic acids is 1. The Morgan fingerprint density at radius 3 is 2.63 bits per heavy atom. The van der Waals surface area contributed by atoms with E-state index in [1.165, 1.54) is 31.2 Å². The summed E-state index contributed by atoms with van der Waals surface area (Å²) in [4.78, 5) is 11.7. The Bertz CT molecular complexity index is 819. The van der Waals surface area contributed by atoms with Gasteiger partial charge in [0.2, 0.25) is 0 Å². The average molecular weight is 415 g/mol. The molecule has 0 saturated heterocycles. The number of allylic oxidation sites excluding steroid dienone is 1. The van der Waals surface area contributed by atoms with Gasteiger partial charge in [-0.05, 0) is 56.2 Å². The van der Waals surface area contributed by atoms with E-state index in [1.807, 2.05) is 6.08 Å². The third-order valence-corrected chi connectivity index (χ3v) is 7.17. The van der Waals surface area contributed by atoms with Gasteiger partial charge in [0, 0.05) is 23.0 Å².